The lowest BCUT2D eigenvalue weighted by molar-refractivity contribution is -0.118. The molecule has 6 heteroatoms. The molecule has 3 aromatic rings. The van der Waals surface area contributed by atoms with Crippen LogP contribution >= 0.6 is 11.8 Å². The Bertz CT molecular complexity index is 1000. The molecule has 1 aliphatic rings. The monoisotopic (exact) mass is 378 g/mol. The lowest BCUT2D eigenvalue weighted by atomic mass is 10.1. The Hall–Kier alpha value is -2.99. The summed E-state index contributed by atoms with van der Waals surface area (Å²) in [6.07, 6.45) is 1.59. The van der Waals surface area contributed by atoms with Crippen molar-refractivity contribution in [1.82, 2.24) is 5.43 Å². The molecule has 1 aliphatic heterocycles. The van der Waals surface area contributed by atoms with Crippen LogP contribution in [0.3, 0.4) is 0 Å². The van der Waals surface area contributed by atoms with Crippen molar-refractivity contribution in [3.8, 4) is 11.5 Å². The number of benzene rings is 3. The minimum Gasteiger partial charge on any atom is -0.454 e. The second-order valence-corrected chi connectivity index (χ2v) is 7.07. The molecule has 0 saturated carbocycles. The van der Waals surface area contributed by atoms with Crippen molar-refractivity contribution < 1.29 is 14.3 Å². The van der Waals surface area contributed by atoms with Gasteiger partial charge in [0.1, 0.15) is 0 Å². The number of thioether (sulfide) groups is 1. The number of carbonyl (C=O) groups is 1. The first-order valence-electron chi connectivity index (χ1n) is 8.55. The van der Waals surface area contributed by atoms with Gasteiger partial charge in [-0.2, -0.15) is 5.10 Å². The van der Waals surface area contributed by atoms with Gasteiger partial charge in [0, 0.05) is 5.75 Å². The predicted octanol–water partition coefficient (Wildman–Crippen LogP) is 3.95. The SMILES string of the molecule is O=C(CSCc1ccc2ccccc2c1)N/N=C/c1ccc2c(c1)OCO2. The molecule has 0 atom stereocenters. The van der Waals surface area contributed by atoms with Crippen LogP contribution in [0.5, 0.6) is 11.5 Å². The fourth-order valence-electron chi connectivity index (χ4n) is 2.79. The lowest BCUT2D eigenvalue weighted by Crippen LogP contribution is -2.19. The van der Waals surface area contributed by atoms with E-state index < -0.39 is 0 Å². The van der Waals surface area contributed by atoms with Gasteiger partial charge in [-0.25, -0.2) is 5.43 Å². The standard InChI is InChI=1S/C21H18N2O3S/c24-21(23-22-11-15-6-8-19-20(10-15)26-14-25-19)13-27-12-16-5-7-17-3-1-2-4-18(17)9-16/h1-11H,12-14H2,(H,23,24)/b22-11+. The first-order chi connectivity index (χ1) is 13.3. The number of nitrogens with zero attached hydrogens (tertiary/aromatic N) is 1. The summed E-state index contributed by atoms with van der Waals surface area (Å²) in [5.41, 5.74) is 4.59. The molecule has 5 nitrogen and oxygen atoms in total. The van der Waals surface area contributed by atoms with E-state index in [2.05, 4.69) is 40.9 Å². The van der Waals surface area contributed by atoms with Crippen molar-refractivity contribution in [3.63, 3.8) is 0 Å². The van der Waals surface area contributed by atoms with Gasteiger partial charge in [0.25, 0.3) is 0 Å². The van der Waals surface area contributed by atoms with Gasteiger partial charge in [-0.15, -0.1) is 11.8 Å². The number of carbonyl (C=O) groups excluding carboxylic acids is 1. The summed E-state index contributed by atoms with van der Waals surface area (Å²) in [5, 5.41) is 6.44. The zero-order chi connectivity index (χ0) is 18.5. The van der Waals surface area contributed by atoms with E-state index in [1.54, 1.807) is 18.0 Å². The highest BCUT2D eigenvalue weighted by Gasteiger charge is 2.12. The number of fused-ring (bicyclic) bond motifs is 2. The van der Waals surface area contributed by atoms with E-state index in [1.807, 2.05) is 30.3 Å². The number of hydrogen-bond donors (Lipinski definition) is 1. The average molecular weight is 378 g/mol. The normalized spacial score (nSPS) is 12.6. The Morgan fingerprint density at radius 1 is 1.04 bits per heavy atom. The van der Waals surface area contributed by atoms with E-state index >= 15 is 0 Å². The highest BCUT2D eigenvalue weighted by molar-refractivity contribution is 7.99. The highest BCUT2D eigenvalue weighted by atomic mass is 32.2. The second kappa shape index (κ2) is 8.14. The molecule has 0 radical (unpaired) electrons. The molecular formula is C21H18N2O3S. The number of ether oxygens (including phenoxy) is 2. The summed E-state index contributed by atoms with van der Waals surface area (Å²) in [6.45, 7) is 0.237. The molecule has 1 amide bonds. The molecule has 136 valence electrons. The van der Waals surface area contributed by atoms with Crippen LogP contribution in [-0.4, -0.2) is 24.7 Å². The maximum absolute atomic E-state index is 11.9. The number of hydrazone groups is 1. The van der Waals surface area contributed by atoms with E-state index in [1.165, 1.54) is 16.3 Å². The van der Waals surface area contributed by atoms with Gasteiger partial charge < -0.3 is 9.47 Å². The van der Waals surface area contributed by atoms with Gasteiger partial charge in [-0.05, 0) is 40.1 Å². The molecule has 0 aliphatic carbocycles. The zero-order valence-corrected chi connectivity index (χ0v) is 15.4. The summed E-state index contributed by atoms with van der Waals surface area (Å²) in [7, 11) is 0. The van der Waals surface area contributed by atoms with Crippen LogP contribution in [0.4, 0.5) is 0 Å². The van der Waals surface area contributed by atoms with E-state index in [0.717, 1.165) is 17.1 Å². The third-order valence-corrected chi connectivity index (χ3v) is 5.12. The highest BCUT2D eigenvalue weighted by Crippen LogP contribution is 2.31. The summed E-state index contributed by atoms with van der Waals surface area (Å²) in [4.78, 5) is 11.9. The van der Waals surface area contributed by atoms with Crippen LogP contribution in [0.25, 0.3) is 10.8 Å². The van der Waals surface area contributed by atoms with Crippen molar-refractivity contribution >= 4 is 34.7 Å². The molecule has 27 heavy (non-hydrogen) atoms. The Morgan fingerprint density at radius 3 is 2.81 bits per heavy atom. The fourth-order valence-corrected chi connectivity index (χ4v) is 3.56. The molecule has 0 spiro atoms. The van der Waals surface area contributed by atoms with Crippen LogP contribution < -0.4 is 14.9 Å². The topological polar surface area (TPSA) is 59.9 Å². The van der Waals surface area contributed by atoms with Crippen LogP contribution in [0.1, 0.15) is 11.1 Å². The molecular weight excluding hydrogens is 360 g/mol. The Kier molecular flexibility index (Phi) is 5.25. The van der Waals surface area contributed by atoms with Gasteiger partial charge >= 0.3 is 0 Å². The fraction of sp³-hybridized carbons (Fsp3) is 0.143. The lowest BCUT2D eigenvalue weighted by Gasteiger charge is -2.04. The largest absolute Gasteiger partial charge is 0.454 e. The van der Waals surface area contributed by atoms with Crippen LogP contribution in [0, 0.1) is 0 Å². The van der Waals surface area contributed by atoms with Gasteiger partial charge in [0.15, 0.2) is 11.5 Å². The minimum atomic E-state index is -0.127. The zero-order valence-electron chi connectivity index (χ0n) is 14.6. The van der Waals surface area contributed by atoms with Crippen molar-refractivity contribution in [1.29, 1.82) is 0 Å². The summed E-state index contributed by atoms with van der Waals surface area (Å²) < 4.78 is 10.6. The molecule has 4 rings (SSSR count). The molecule has 0 unspecified atom stereocenters. The smallest absolute Gasteiger partial charge is 0.250 e. The second-order valence-electron chi connectivity index (χ2n) is 6.08. The van der Waals surface area contributed by atoms with E-state index in [-0.39, 0.29) is 12.7 Å². The molecule has 3 aromatic carbocycles. The Morgan fingerprint density at radius 2 is 1.89 bits per heavy atom. The van der Waals surface area contributed by atoms with Crippen LogP contribution in [-0.2, 0) is 10.5 Å². The third-order valence-electron chi connectivity index (χ3n) is 4.12. The number of hydrogen-bond acceptors (Lipinski definition) is 5. The van der Waals surface area contributed by atoms with Gasteiger partial charge in [0.05, 0.1) is 12.0 Å². The summed E-state index contributed by atoms with van der Waals surface area (Å²) in [5.74, 6) is 2.42. The molecule has 1 heterocycles. The first-order valence-corrected chi connectivity index (χ1v) is 9.70. The van der Waals surface area contributed by atoms with Crippen molar-refractivity contribution in [2.24, 2.45) is 5.10 Å². The van der Waals surface area contributed by atoms with Crippen molar-refractivity contribution in [2.75, 3.05) is 12.5 Å². The average Bonchev–Trinajstić information content (AvgIpc) is 3.16. The number of amides is 1. The van der Waals surface area contributed by atoms with Gasteiger partial charge in [0.2, 0.25) is 12.7 Å². The number of nitrogens with one attached hydrogen (secondary N) is 1. The maximum atomic E-state index is 11.9. The molecule has 1 N–H and O–H groups in total. The van der Waals surface area contributed by atoms with E-state index in [9.17, 15) is 4.79 Å². The van der Waals surface area contributed by atoms with E-state index in [0.29, 0.717) is 11.5 Å². The Balaban J connectivity index is 1.24. The number of rotatable bonds is 6. The van der Waals surface area contributed by atoms with Crippen LogP contribution in [0.2, 0.25) is 0 Å². The summed E-state index contributed by atoms with van der Waals surface area (Å²) >= 11 is 1.56. The minimum absolute atomic E-state index is 0.127. The van der Waals surface area contributed by atoms with Crippen LogP contribution in [0.15, 0.2) is 65.8 Å². The van der Waals surface area contributed by atoms with Gasteiger partial charge in [-0.1, -0.05) is 42.5 Å². The molecule has 0 fully saturated rings. The summed E-state index contributed by atoms with van der Waals surface area (Å²) in [6, 6.07) is 20.1. The van der Waals surface area contributed by atoms with Crippen molar-refractivity contribution in [2.45, 2.75) is 5.75 Å². The van der Waals surface area contributed by atoms with Gasteiger partial charge in [-0.3, -0.25) is 4.79 Å². The molecule has 0 saturated heterocycles. The maximum Gasteiger partial charge on any atom is 0.250 e. The predicted molar refractivity (Wildman–Crippen MR) is 108 cm³/mol. The quantitative estimate of drug-likeness (QED) is 0.521. The molecule has 0 aromatic heterocycles. The Labute approximate surface area is 161 Å². The van der Waals surface area contributed by atoms with Crippen molar-refractivity contribution in [3.05, 3.63) is 71.8 Å². The first kappa shape index (κ1) is 17.4. The third kappa shape index (κ3) is 4.41. The molecule has 0 bridgehead atoms. The van der Waals surface area contributed by atoms with E-state index in [4.69, 9.17) is 9.47 Å².